The largest absolute Gasteiger partial charge is 0.444 e. The number of carbonyl (C=O) groups is 5. The van der Waals surface area contributed by atoms with Crippen LogP contribution in [0.3, 0.4) is 0 Å². The van der Waals surface area contributed by atoms with E-state index in [0.717, 1.165) is 11.4 Å². The van der Waals surface area contributed by atoms with E-state index in [2.05, 4.69) is 15.5 Å². The Morgan fingerprint density at radius 1 is 1.21 bits per heavy atom. The van der Waals surface area contributed by atoms with Crippen molar-refractivity contribution in [3.63, 3.8) is 0 Å². The number of benzene rings is 1. The molecule has 212 valence electrons. The van der Waals surface area contributed by atoms with Crippen LogP contribution in [0, 0.1) is 0 Å². The van der Waals surface area contributed by atoms with E-state index in [4.69, 9.17) is 9.47 Å². The van der Waals surface area contributed by atoms with Gasteiger partial charge in [0, 0.05) is 51.9 Å². The SMILES string of the molecule is CN(CCN1CCO[C@H](CCNc2cccc3c2C(=O)N(C2CCC(=O)NC2=O)C3=O)C1)C(=O)OC(C)(C)C. The quantitative estimate of drug-likeness (QED) is 0.467. The second-order valence-corrected chi connectivity index (χ2v) is 11.1. The molecule has 2 saturated heterocycles. The molecule has 12 nitrogen and oxygen atoms in total. The number of imide groups is 2. The van der Waals surface area contributed by atoms with Crippen molar-refractivity contribution in [1.29, 1.82) is 0 Å². The molecule has 0 radical (unpaired) electrons. The third kappa shape index (κ3) is 6.74. The molecule has 2 N–H and O–H groups in total. The molecule has 2 fully saturated rings. The van der Waals surface area contributed by atoms with E-state index in [9.17, 15) is 24.0 Å². The van der Waals surface area contributed by atoms with Crippen molar-refractivity contribution in [3.05, 3.63) is 29.3 Å². The van der Waals surface area contributed by atoms with Crippen LogP contribution in [0.15, 0.2) is 18.2 Å². The maximum Gasteiger partial charge on any atom is 0.410 e. The molecule has 3 heterocycles. The van der Waals surface area contributed by atoms with E-state index >= 15 is 0 Å². The summed E-state index contributed by atoms with van der Waals surface area (Å²) < 4.78 is 11.3. The van der Waals surface area contributed by atoms with Gasteiger partial charge in [-0.1, -0.05) is 6.07 Å². The Balaban J connectivity index is 1.29. The number of amides is 5. The predicted octanol–water partition coefficient (Wildman–Crippen LogP) is 1.46. The van der Waals surface area contributed by atoms with Gasteiger partial charge >= 0.3 is 6.09 Å². The summed E-state index contributed by atoms with van der Waals surface area (Å²) in [5.74, 6) is -2.11. The number of morpholine rings is 1. The Hall–Kier alpha value is -3.51. The fourth-order valence-corrected chi connectivity index (χ4v) is 4.91. The van der Waals surface area contributed by atoms with Crippen molar-refractivity contribution >= 4 is 35.4 Å². The standard InChI is InChI=1S/C27H37N5O7/c1-27(2,3)39-26(37)30(4)12-13-31-14-15-38-17(16-31)10-11-28-19-7-5-6-18-22(19)25(36)32(24(18)35)20-8-9-21(33)29-23(20)34/h5-7,17,20,28H,8-16H2,1-4H3,(H,29,33,34)/t17-,20?/m1/s1. The molecule has 0 aromatic heterocycles. The number of anilines is 1. The normalized spacial score (nSPS) is 22.0. The fourth-order valence-electron chi connectivity index (χ4n) is 4.91. The first-order valence-electron chi connectivity index (χ1n) is 13.3. The number of nitrogens with one attached hydrogen (secondary N) is 2. The Morgan fingerprint density at radius 3 is 2.69 bits per heavy atom. The molecule has 0 bridgehead atoms. The third-order valence-electron chi connectivity index (χ3n) is 6.93. The highest BCUT2D eigenvalue weighted by Crippen LogP contribution is 2.32. The van der Waals surface area contributed by atoms with Gasteiger partial charge in [0.2, 0.25) is 11.8 Å². The van der Waals surface area contributed by atoms with E-state index in [1.165, 1.54) is 0 Å². The minimum Gasteiger partial charge on any atom is -0.444 e. The predicted molar refractivity (Wildman–Crippen MR) is 141 cm³/mol. The Labute approximate surface area is 227 Å². The number of hydrogen-bond donors (Lipinski definition) is 2. The van der Waals surface area contributed by atoms with E-state index in [-0.39, 0.29) is 36.2 Å². The van der Waals surface area contributed by atoms with E-state index in [1.807, 2.05) is 20.8 Å². The van der Waals surface area contributed by atoms with Gasteiger partial charge < -0.3 is 19.7 Å². The van der Waals surface area contributed by atoms with E-state index in [0.29, 0.717) is 44.9 Å². The first-order chi connectivity index (χ1) is 18.4. The molecule has 1 unspecified atom stereocenters. The minimum absolute atomic E-state index is 0.0350. The van der Waals surface area contributed by atoms with Crippen LogP contribution in [0.25, 0.3) is 0 Å². The number of hydrogen-bond acceptors (Lipinski definition) is 9. The van der Waals surface area contributed by atoms with Crippen LogP contribution in [0.1, 0.15) is 60.7 Å². The number of rotatable bonds is 8. The number of nitrogens with zero attached hydrogens (tertiary/aromatic N) is 3. The van der Waals surface area contributed by atoms with Gasteiger partial charge in [0.1, 0.15) is 11.6 Å². The maximum atomic E-state index is 13.2. The first-order valence-corrected chi connectivity index (χ1v) is 13.3. The van der Waals surface area contributed by atoms with Crippen molar-refractivity contribution < 1.29 is 33.4 Å². The molecule has 3 aliphatic rings. The van der Waals surface area contributed by atoms with Gasteiger partial charge in [-0.05, 0) is 45.7 Å². The average molecular weight is 544 g/mol. The van der Waals surface area contributed by atoms with Gasteiger partial charge in [0.25, 0.3) is 11.8 Å². The molecule has 1 aromatic rings. The zero-order chi connectivity index (χ0) is 28.3. The summed E-state index contributed by atoms with van der Waals surface area (Å²) in [6.45, 7) is 9.31. The van der Waals surface area contributed by atoms with E-state index < -0.39 is 35.3 Å². The van der Waals surface area contributed by atoms with E-state index in [1.54, 1.807) is 30.1 Å². The number of piperidine rings is 1. The molecule has 12 heteroatoms. The lowest BCUT2D eigenvalue weighted by Crippen LogP contribution is -2.54. The summed E-state index contributed by atoms with van der Waals surface area (Å²) in [4.78, 5) is 67.1. The monoisotopic (exact) mass is 543 g/mol. The van der Waals surface area contributed by atoms with Crippen LogP contribution in [-0.4, -0.2) is 109 Å². The van der Waals surface area contributed by atoms with Crippen LogP contribution in [0.5, 0.6) is 0 Å². The molecule has 0 saturated carbocycles. The zero-order valence-corrected chi connectivity index (χ0v) is 23.0. The molecule has 39 heavy (non-hydrogen) atoms. The molecule has 1 aromatic carbocycles. The van der Waals surface area contributed by atoms with Gasteiger partial charge in [-0.15, -0.1) is 0 Å². The van der Waals surface area contributed by atoms with Crippen LogP contribution in [0.4, 0.5) is 10.5 Å². The van der Waals surface area contributed by atoms with Crippen LogP contribution in [-0.2, 0) is 19.1 Å². The molecule has 0 aliphatic carbocycles. The lowest BCUT2D eigenvalue weighted by molar-refractivity contribution is -0.136. The van der Waals surface area contributed by atoms with Gasteiger partial charge in [-0.3, -0.25) is 34.3 Å². The van der Waals surface area contributed by atoms with Gasteiger partial charge in [0.15, 0.2) is 0 Å². The second-order valence-electron chi connectivity index (χ2n) is 11.1. The molecule has 0 spiro atoms. The van der Waals surface area contributed by atoms with Crippen LogP contribution in [0.2, 0.25) is 0 Å². The molecule has 4 rings (SSSR count). The molecule has 3 aliphatic heterocycles. The summed E-state index contributed by atoms with van der Waals surface area (Å²) in [6, 6.07) is 4.00. The Kier molecular flexibility index (Phi) is 8.55. The number of fused-ring (bicyclic) bond motifs is 1. The summed E-state index contributed by atoms with van der Waals surface area (Å²) in [7, 11) is 1.72. The van der Waals surface area contributed by atoms with Gasteiger partial charge in [0.05, 0.1) is 23.8 Å². The smallest absolute Gasteiger partial charge is 0.410 e. The Morgan fingerprint density at radius 2 is 1.97 bits per heavy atom. The fraction of sp³-hybridized carbons (Fsp3) is 0.593. The lowest BCUT2D eigenvalue weighted by Gasteiger charge is -2.34. The Bertz CT molecular complexity index is 1150. The maximum absolute atomic E-state index is 13.2. The topological polar surface area (TPSA) is 138 Å². The van der Waals surface area contributed by atoms with Crippen molar-refractivity contribution in [2.24, 2.45) is 0 Å². The zero-order valence-electron chi connectivity index (χ0n) is 23.0. The molecule has 2 atom stereocenters. The summed E-state index contributed by atoms with van der Waals surface area (Å²) in [5, 5.41) is 5.47. The summed E-state index contributed by atoms with van der Waals surface area (Å²) >= 11 is 0. The van der Waals surface area contributed by atoms with Crippen molar-refractivity contribution in [1.82, 2.24) is 20.0 Å². The van der Waals surface area contributed by atoms with Crippen molar-refractivity contribution in [2.45, 2.75) is 57.8 Å². The highest BCUT2D eigenvalue weighted by atomic mass is 16.6. The van der Waals surface area contributed by atoms with Crippen molar-refractivity contribution in [3.8, 4) is 0 Å². The highest BCUT2D eigenvalue weighted by Gasteiger charge is 2.45. The highest BCUT2D eigenvalue weighted by molar-refractivity contribution is 6.25. The van der Waals surface area contributed by atoms with Crippen molar-refractivity contribution in [2.75, 3.05) is 51.7 Å². The third-order valence-corrected chi connectivity index (χ3v) is 6.93. The molecule has 5 amide bonds. The number of likely N-dealkylation sites (N-methyl/N-ethyl adjacent to an activating group) is 1. The van der Waals surface area contributed by atoms with Gasteiger partial charge in [-0.2, -0.15) is 0 Å². The minimum atomic E-state index is -1.00. The first kappa shape index (κ1) is 28.5. The van der Waals surface area contributed by atoms with Gasteiger partial charge in [-0.25, -0.2) is 4.79 Å². The summed E-state index contributed by atoms with van der Waals surface area (Å²) in [6.07, 6.45) is 0.469. The average Bonchev–Trinajstić information content (AvgIpc) is 3.12. The van der Waals surface area contributed by atoms with Crippen LogP contribution < -0.4 is 10.6 Å². The second kappa shape index (κ2) is 11.7. The number of ether oxygens (including phenoxy) is 2. The number of carbonyl (C=O) groups excluding carboxylic acids is 5. The van der Waals surface area contributed by atoms with Crippen LogP contribution >= 0.6 is 0 Å². The molecular weight excluding hydrogens is 506 g/mol. The lowest BCUT2D eigenvalue weighted by atomic mass is 10.0. The molecular formula is C27H37N5O7. The summed E-state index contributed by atoms with van der Waals surface area (Å²) in [5.41, 5.74) is 0.461.